The third-order valence-electron chi connectivity index (χ3n) is 2.78. The molecule has 0 fully saturated rings. The highest BCUT2D eigenvalue weighted by Gasteiger charge is 2.03. The van der Waals surface area contributed by atoms with Crippen LogP contribution >= 0.6 is 34.0 Å². The molecule has 0 N–H and O–H groups in total. The van der Waals surface area contributed by atoms with E-state index in [1.54, 1.807) is 0 Å². The molecule has 0 saturated carbocycles. The van der Waals surface area contributed by atoms with E-state index < -0.39 is 0 Å². The zero-order chi connectivity index (χ0) is 13.2. The van der Waals surface area contributed by atoms with Gasteiger partial charge in [0.1, 0.15) is 0 Å². The molecule has 0 bridgehead atoms. The molecule has 0 aliphatic carbocycles. The molecule has 0 unspecified atom stereocenters. The molecule has 3 heterocycles. The lowest BCUT2D eigenvalue weighted by molar-refractivity contribution is 1.64. The van der Waals surface area contributed by atoms with Crippen molar-refractivity contribution in [2.45, 2.75) is 13.8 Å². The zero-order valence-electron chi connectivity index (χ0n) is 10.8. The van der Waals surface area contributed by atoms with Gasteiger partial charge in [0.15, 0.2) is 0 Å². The Labute approximate surface area is 125 Å². The Balaban J connectivity index is 1.80. The third kappa shape index (κ3) is 3.06. The van der Waals surface area contributed by atoms with Gasteiger partial charge in [-0.1, -0.05) is 0 Å². The lowest BCUT2D eigenvalue weighted by Crippen LogP contribution is -1.58. The van der Waals surface area contributed by atoms with E-state index in [4.69, 9.17) is 0 Å². The highest BCUT2D eigenvalue weighted by Crippen LogP contribution is 2.34. The van der Waals surface area contributed by atoms with Crippen LogP contribution in [0.25, 0.3) is 21.9 Å². The number of aryl methyl sites for hydroxylation is 2. The van der Waals surface area contributed by atoms with Gasteiger partial charge in [0, 0.05) is 29.3 Å². The predicted molar refractivity (Wildman–Crippen MR) is 90.4 cm³/mol. The Morgan fingerprint density at radius 2 is 1.16 bits per heavy atom. The molecule has 0 spiro atoms. The second-order valence-electron chi connectivity index (χ2n) is 4.39. The van der Waals surface area contributed by atoms with Crippen molar-refractivity contribution < 1.29 is 0 Å². The fourth-order valence-corrected chi connectivity index (χ4v) is 4.50. The van der Waals surface area contributed by atoms with Crippen LogP contribution in [0.2, 0.25) is 0 Å². The Hall–Kier alpha value is -1.16. The minimum Gasteiger partial charge on any atom is -0.141 e. The van der Waals surface area contributed by atoms with Gasteiger partial charge >= 0.3 is 0 Å². The van der Waals surface area contributed by atoms with E-state index in [2.05, 4.69) is 62.4 Å². The van der Waals surface area contributed by atoms with Gasteiger partial charge in [0.05, 0.1) is 0 Å². The summed E-state index contributed by atoms with van der Waals surface area (Å²) in [6.07, 6.45) is 4.41. The molecular weight excluding hydrogens is 288 g/mol. The number of rotatable bonds is 3. The van der Waals surface area contributed by atoms with Gasteiger partial charge in [-0.05, 0) is 62.4 Å². The Kier molecular flexibility index (Phi) is 3.69. The van der Waals surface area contributed by atoms with E-state index in [1.165, 1.54) is 29.3 Å². The monoisotopic (exact) mass is 302 g/mol. The highest BCUT2D eigenvalue weighted by molar-refractivity contribution is 7.22. The Morgan fingerprint density at radius 1 is 0.632 bits per heavy atom. The van der Waals surface area contributed by atoms with Crippen LogP contribution in [0.15, 0.2) is 36.4 Å². The van der Waals surface area contributed by atoms with E-state index in [0.717, 1.165) is 0 Å². The second-order valence-corrected chi connectivity index (χ2v) is 8.12. The molecule has 0 radical (unpaired) electrons. The SMILES string of the molecule is Cc1ccc(/C=C/c2ccc(-c3ccc(C)s3)s2)s1. The summed E-state index contributed by atoms with van der Waals surface area (Å²) in [5, 5.41) is 0. The average Bonchev–Trinajstić information content (AvgIpc) is 3.07. The summed E-state index contributed by atoms with van der Waals surface area (Å²) in [6.45, 7) is 4.30. The van der Waals surface area contributed by atoms with Crippen molar-refractivity contribution in [3.63, 3.8) is 0 Å². The summed E-state index contributed by atoms with van der Waals surface area (Å²) in [5.74, 6) is 0. The molecule has 0 saturated heterocycles. The van der Waals surface area contributed by atoms with Crippen LogP contribution in [0.5, 0.6) is 0 Å². The van der Waals surface area contributed by atoms with E-state index in [0.29, 0.717) is 0 Å². The van der Waals surface area contributed by atoms with Gasteiger partial charge in [0.2, 0.25) is 0 Å². The first-order valence-corrected chi connectivity index (χ1v) is 8.57. The molecule has 0 nitrogen and oxygen atoms in total. The average molecular weight is 302 g/mol. The van der Waals surface area contributed by atoms with Gasteiger partial charge in [-0.15, -0.1) is 34.0 Å². The zero-order valence-corrected chi connectivity index (χ0v) is 13.3. The topological polar surface area (TPSA) is 0 Å². The standard InChI is InChI=1S/C16H14S3/c1-11-3-5-13(17-11)6-7-14-8-10-16(19-14)15-9-4-12(2)18-15/h3-10H,1-2H3/b7-6+. The first kappa shape index (κ1) is 12.9. The van der Waals surface area contributed by atoms with Crippen LogP contribution in [0.1, 0.15) is 19.5 Å². The molecular formula is C16H14S3. The van der Waals surface area contributed by atoms with Crippen molar-refractivity contribution in [1.82, 2.24) is 0 Å². The maximum atomic E-state index is 2.22. The fraction of sp³-hybridized carbons (Fsp3) is 0.125. The van der Waals surface area contributed by atoms with E-state index in [-0.39, 0.29) is 0 Å². The van der Waals surface area contributed by atoms with Crippen molar-refractivity contribution >= 4 is 46.2 Å². The smallest absolute Gasteiger partial charge is 0.0449 e. The molecule has 96 valence electrons. The molecule has 0 aliphatic rings. The number of hydrogen-bond donors (Lipinski definition) is 0. The van der Waals surface area contributed by atoms with Crippen molar-refractivity contribution in [2.75, 3.05) is 0 Å². The van der Waals surface area contributed by atoms with Gasteiger partial charge < -0.3 is 0 Å². The molecule has 3 aromatic heterocycles. The maximum absolute atomic E-state index is 2.22. The van der Waals surface area contributed by atoms with E-state index in [1.807, 2.05) is 34.0 Å². The molecule has 0 aliphatic heterocycles. The van der Waals surface area contributed by atoms with Gasteiger partial charge in [0.25, 0.3) is 0 Å². The molecule has 0 atom stereocenters. The van der Waals surface area contributed by atoms with E-state index in [9.17, 15) is 0 Å². The van der Waals surface area contributed by atoms with Crippen molar-refractivity contribution in [2.24, 2.45) is 0 Å². The summed E-state index contributed by atoms with van der Waals surface area (Å²) in [6, 6.07) is 13.2. The lowest BCUT2D eigenvalue weighted by Gasteiger charge is -1.88. The molecule has 3 aromatic rings. The molecule has 0 amide bonds. The van der Waals surface area contributed by atoms with Gasteiger partial charge in [-0.3, -0.25) is 0 Å². The van der Waals surface area contributed by atoms with Crippen LogP contribution in [-0.4, -0.2) is 0 Å². The van der Waals surface area contributed by atoms with Crippen molar-refractivity contribution in [3.8, 4) is 9.75 Å². The maximum Gasteiger partial charge on any atom is 0.0449 e. The third-order valence-corrected chi connectivity index (χ3v) is 6.00. The van der Waals surface area contributed by atoms with Gasteiger partial charge in [-0.2, -0.15) is 0 Å². The summed E-state index contributed by atoms with van der Waals surface area (Å²) in [4.78, 5) is 8.09. The van der Waals surface area contributed by atoms with Crippen LogP contribution in [0.3, 0.4) is 0 Å². The first-order chi connectivity index (χ1) is 9.20. The number of thiophene rings is 3. The summed E-state index contributed by atoms with van der Waals surface area (Å²) in [7, 11) is 0. The molecule has 19 heavy (non-hydrogen) atoms. The highest BCUT2D eigenvalue weighted by atomic mass is 32.1. The first-order valence-electron chi connectivity index (χ1n) is 6.12. The Bertz CT molecular complexity index is 710. The minimum absolute atomic E-state index is 1.31. The summed E-state index contributed by atoms with van der Waals surface area (Å²) < 4.78 is 0. The second kappa shape index (κ2) is 5.45. The largest absolute Gasteiger partial charge is 0.141 e. The van der Waals surface area contributed by atoms with Crippen LogP contribution in [-0.2, 0) is 0 Å². The van der Waals surface area contributed by atoms with Crippen LogP contribution < -0.4 is 0 Å². The Morgan fingerprint density at radius 3 is 1.79 bits per heavy atom. The summed E-state index contributed by atoms with van der Waals surface area (Å²) >= 11 is 5.55. The fourth-order valence-electron chi connectivity index (χ4n) is 1.85. The van der Waals surface area contributed by atoms with Crippen molar-refractivity contribution in [1.29, 1.82) is 0 Å². The normalized spacial score (nSPS) is 11.5. The molecule has 3 heteroatoms. The van der Waals surface area contributed by atoms with E-state index >= 15 is 0 Å². The predicted octanol–water partition coefficient (Wildman–Crippen LogP) is 6.33. The van der Waals surface area contributed by atoms with Crippen LogP contribution in [0.4, 0.5) is 0 Å². The number of hydrogen-bond acceptors (Lipinski definition) is 3. The van der Waals surface area contributed by atoms with Crippen LogP contribution in [0, 0.1) is 13.8 Å². The lowest BCUT2D eigenvalue weighted by atomic mass is 10.3. The quantitative estimate of drug-likeness (QED) is 0.530. The minimum atomic E-state index is 1.31. The summed E-state index contributed by atoms with van der Waals surface area (Å²) in [5.41, 5.74) is 0. The van der Waals surface area contributed by atoms with Crippen molar-refractivity contribution in [3.05, 3.63) is 55.9 Å². The molecule has 0 aromatic carbocycles. The molecule has 3 rings (SSSR count). The van der Waals surface area contributed by atoms with Gasteiger partial charge in [-0.25, -0.2) is 0 Å².